The summed E-state index contributed by atoms with van der Waals surface area (Å²) in [6.07, 6.45) is 7.99. The zero-order valence-corrected chi connectivity index (χ0v) is 27.4. The van der Waals surface area contributed by atoms with Crippen molar-refractivity contribution in [3.05, 3.63) is 107 Å². The number of fused-ring (bicyclic) bond motifs is 1. The van der Waals surface area contributed by atoms with E-state index >= 15 is 0 Å². The fraction of sp³-hybridized carbons (Fsp3) is 0.250. The lowest BCUT2D eigenvalue weighted by atomic mass is 9.92. The number of nitrogens with two attached hydrogens (primary N) is 1. The van der Waals surface area contributed by atoms with E-state index in [9.17, 15) is 14.4 Å². The average Bonchev–Trinajstić information content (AvgIpc) is 3.79. The Kier molecular flexibility index (Phi) is 8.24. The predicted octanol–water partition coefficient (Wildman–Crippen LogP) is 4.84. The summed E-state index contributed by atoms with van der Waals surface area (Å²) in [4.78, 5) is 50.4. The molecule has 7 rings (SSSR count). The van der Waals surface area contributed by atoms with E-state index < -0.39 is 11.5 Å². The number of pyridine rings is 2. The molecule has 0 radical (unpaired) electrons. The summed E-state index contributed by atoms with van der Waals surface area (Å²) in [6.45, 7) is 7.05. The Morgan fingerprint density at radius 3 is 2.49 bits per heavy atom. The van der Waals surface area contributed by atoms with Crippen LogP contribution in [0, 0.1) is 12.8 Å². The Morgan fingerprint density at radius 2 is 1.82 bits per heavy atom. The van der Waals surface area contributed by atoms with E-state index in [1.54, 1.807) is 55.0 Å². The van der Waals surface area contributed by atoms with Gasteiger partial charge in [-0.1, -0.05) is 26.0 Å². The van der Waals surface area contributed by atoms with Crippen LogP contribution >= 0.6 is 0 Å². The first-order valence-electron chi connectivity index (χ1n) is 16.2. The molecule has 1 aliphatic heterocycles. The number of aromatic amines is 1. The Hall–Kier alpha value is -6.11. The third kappa shape index (κ3) is 5.83. The van der Waals surface area contributed by atoms with Crippen molar-refractivity contribution in [1.29, 1.82) is 0 Å². The zero-order valence-electron chi connectivity index (χ0n) is 27.4. The Labute approximate surface area is 281 Å². The molecule has 0 spiro atoms. The Balaban J connectivity index is 1.18. The normalized spacial score (nSPS) is 13.7. The van der Waals surface area contributed by atoms with Gasteiger partial charge in [0, 0.05) is 65.5 Å². The maximum atomic E-state index is 13.8. The predicted molar refractivity (Wildman–Crippen MR) is 186 cm³/mol. The number of amides is 2. The molecule has 1 aliphatic rings. The van der Waals surface area contributed by atoms with Crippen molar-refractivity contribution < 1.29 is 9.59 Å². The second kappa shape index (κ2) is 12.8. The second-order valence-electron chi connectivity index (χ2n) is 12.5. The lowest BCUT2D eigenvalue weighted by Crippen LogP contribution is -2.40. The number of hydrogen-bond donors (Lipinski definition) is 3. The van der Waals surface area contributed by atoms with Crippen molar-refractivity contribution in [2.24, 2.45) is 5.92 Å². The fourth-order valence-corrected chi connectivity index (χ4v) is 6.63. The van der Waals surface area contributed by atoms with E-state index in [2.05, 4.69) is 36.6 Å². The van der Waals surface area contributed by atoms with Gasteiger partial charge >= 0.3 is 0 Å². The monoisotopic (exact) mass is 656 g/mol. The van der Waals surface area contributed by atoms with Gasteiger partial charge in [0.1, 0.15) is 17.4 Å². The van der Waals surface area contributed by atoms with Crippen molar-refractivity contribution in [1.82, 2.24) is 39.2 Å². The van der Waals surface area contributed by atoms with Crippen LogP contribution < -0.4 is 16.6 Å². The summed E-state index contributed by atoms with van der Waals surface area (Å²) >= 11 is 0. The number of hydrogen-bond acceptors (Lipinski definition) is 8. The summed E-state index contributed by atoms with van der Waals surface area (Å²) in [5.41, 5.74) is 12.3. The van der Waals surface area contributed by atoms with Crippen LogP contribution in [-0.2, 0) is 4.79 Å². The minimum Gasteiger partial charge on any atom is -0.382 e. The highest BCUT2D eigenvalue weighted by atomic mass is 16.2. The number of nitrogen functional groups attached to an aromatic ring is 1. The smallest absolute Gasteiger partial charge is 0.268 e. The SMILES string of the molecule is Cc1c(-c2cc[nH]n2)cc(C(=O)Nc2ccc(-c3cc(C4CCN(C(=O)C(C)C)CC4)n4ncnc(N)c34)cc2)c(=O)n1-c1cccnc1. The van der Waals surface area contributed by atoms with Gasteiger partial charge in [0.25, 0.3) is 11.5 Å². The number of likely N-dealkylation sites (tertiary alicyclic amines) is 1. The first kappa shape index (κ1) is 31.5. The van der Waals surface area contributed by atoms with Gasteiger partial charge in [-0.2, -0.15) is 10.2 Å². The van der Waals surface area contributed by atoms with Gasteiger partial charge < -0.3 is 16.0 Å². The molecule has 2 amide bonds. The van der Waals surface area contributed by atoms with Crippen LogP contribution in [0.15, 0.2) is 84.3 Å². The van der Waals surface area contributed by atoms with Gasteiger partial charge in [0.15, 0.2) is 5.82 Å². The first-order chi connectivity index (χ1) is 23.7. The van der Waals surface area contributed by atoms with Gasteiger partial charge in [0.05, 0.1) is 17.6 Å². The maximum absolute atomic E-state index is 13.8. The Bertz CT molecular complexity index is 2210. The molecule has 0 unspecified atom stereocenters. The molecule has 6 heterocycles. The van der Waals surface area contributed by atoms with Gasteiger partial charge in [-0.15, -0.1) is 0 Å². The van der Waals surface area contributed by atoms with Crippen LogP contribution in [0.2, 0.25) is 0 Å². The van der Waals surface area contributed by atoms with E-state index in [0.29, 0.717) is 52.8 Å². The number of nitrogens with one attached hydrogen (secondary N) is 2. The molecule has 1 fully saturated rings. The van der Waals surface area contributed by atoms with Gasteiger partial charge in [-0.25, -0.2) is 9.50 Å². The highest BCUT2D eigenvalue weighted by Gasteiger charge is 2.29. The third-order valence-electron chi connectivity index (χ3n) is 9.16. The molecule has 13 nitrogen and oxygen atoms in total. The number of piperidine rings is 1. The van der Waals surface area contributed by atoms with E-state index in [-0.39, 0.29) is 23.3 Å². The average molecular weight is 657 g/mol. The van der Waals surface area contributed by atoms with Crippen LogP contribution in [0.5, 0.6) is 0 Å². The molecule has 0 saturated carbocycles. The highest BCUT2D eigenvalue weighted by Crippen LogP contribution is 2.37. The Morgan fingerprint density at radius 1 is 1.04 bits per heavy atom. The standard InChI is InChI=1S/C36H36N10O3/c1-21(2)35(48)44-15-11-24(12-16-44)31-18-28(32-33(37)39-20-41-46(31)32)23-6-8-25(9-7-23)42-34(47)29-17-27(30-10-14-40-43-30)22(3)45(36(29)49)26-5-4-13-38-19-26/h4-10,13-14,17-21,24H,11-12,15-16H2,1-3H3,(H,40,43)(H,42,47)(H2,37,39,41). The molecule has 4 N–H and O–H groups in total. The number of anilines is 2. The number of nitrogens with zero attached hydrogens (tertiary/aromatic N) is 7. The summed E-state index contributed by atoms with van der Waals surface area (Å²) in [6, 6.07) is 16.3. The molecule has 1 saturated heterocycles. The van der Waals surface area contributed by atoms with Crippen molar-refractivity contribution >= 4 is 28.8 Å². The van der Waals surface area contributed by atoms with Crippen LogP contribution in [0.3, 0.4) is 0 Å². The summed E-state index contributed by atoms with van der Waals surface area (Å²) < 4.78 is 3.34. The molecule has 49 heavy (non-hydrogen) atoms. The molecular weight excluding hydrogens is 620 g/mol. The zero-order chi connectivity index (χ0) is 34.2. The minimum absolute atomic E-state index is 0.0284. The molecule has 5 aromatic heterocycles. The number of rotatable bonds is 7. The molecular formula is C36H36N10O3. The van der Waals surface area contributed by atoms with Crippen molar-refractivity contribution in [2.45, 2.75) is 39.5 Å². The number of aromatic nitrogens is 7. The second-order valence-corrected chi connectivity index (χ2v) is 12.5. The van der Waals surface area contributed by atoms with E-state index in [0.717, 1.165) is 29.7 Å². The topological polar surface area (TPSA) is 169 Å². The van der Waals surface area contributed by atoms with E-state index in [4.69, 9.17) is 5.73 Å². The van der Waals surface area contributed by atoms with Crippen molar-refractivity contribution in [3.8, 4) is 28.1 Å². The maximum Gasteiger partial charge on any atom is 0.268 e. The number of H-pyrrole nitrogens is 1. The molecule has 6 aromatic rings. The number of benzene rings is 1. The number of carbonyl (C=O) groups excluding carboxylic acids is 2. The lowest BCUT2D eigenvalue weighted by molar-refractivity contribution is -0.135. The summed E-state index contributed by atoms with van der Waals surface area (Å²) in [5, 5.41) is 14.5. The molecule has 0 bridgehead atoms. The van der Waals surface area contributed by atoms with Gasteiger partial charge in [-0.05, 0) is 67.8 Å². The van der Waals surface area contributed by atoms with Gasteiger partial charge in [-0.3, -0.25) is 29.0 Å². The van der Waals surface area contributed by atoms with Crippen molar-refractivity contribution in [2.75, 3.05) is 24.1 Å². The molecule has 1 aromatic carbocycles. The molecule has 13 heteroatoms. The highest BCUT2D eigenvalue weighted by molar-refractivity contribution is 6.05. The molecule has 0 atom stereocenters. The van der Waals surface area contributed by atoms with Crippen LogP contribution in [0.25, 0.3) is 33.6 Å². The fourth-order valence-electron chi connectivity index (χ4n) is 6.63. The lowest BCUT2D eigenvalue weighted by Gasteiger charge is -2.33. The van der Waals surface area contributed by atoms with Crippen LogP contribution in [-0.4, -0.2) is 64.2 Å². The first-order valence-corrected chi connectivity index (χ1v) is 16.2. The molecule has 248 valence electrons. The van der Waals surface area contributed by atoms with E-state index in [1.165, 1.54) is 10.9 Å². The largest absolute Gasteiger partial charge is 0.382 e. The number of carbonyl (C=O) groups is 2. The van der Waals surface area contributed by atoms with Gasteiger partial charge in [0.2, 0.25) is 5.91 Å². The van der Waals surface area contributed by atoms with Crippen LogP contribution in [0.1, 0.15) is 54.4 Å². The summed E-state index contributed by atoms with van der Waals surface area (Å²) in [7, 11) is 0. The van der Waals surface area contributed by atoms with E-state index in [1.807, 2.05) is 42.3 Å². The summed E-state index contributed by atoms with van der Waals surface area (Å²) in [5.74, 6) is 0.153. The van der Waals surface area contributed by atoms with Crippen molar-refractivity contribution in [3.63, 3.8) is 0 Å². The third-order valence-corrected chi connectivity index (χ3v) is 9.16. The minimum atomic E-state index is -0.552. The molecule has 0 aliphatic carbocycles. The quantitative estimate of drug-likeness (QED) is 0.219. The van der Waals surface area contributed by atoms with Crippen LogP contribution in [0.4, 0.5) is 11.5 Å².